The summed E-state index contributed by atoms with van der Waals surface area (Å²) in [7, 11) is 0. The highest BCUT2D eigenvalue weighted by atomic mass is 32.2. The molecule has 0 aromatic heterocycles. The van der Waals surface area contributed by atoms with Crippen LogP contribution in [0.15, 0.2) is 0 Å². The topological polar surface area (TPSA) is 95.9 Å². The molecule has 1 aliphatic heterocycles. The van der Waals surface area contributed by atoms with E-state index < -0.39 is 23.7 Å². The van der Waals surface area contributed by atoms with Crippen LogP contribution >= 0.6 is 11.8 Å². The Morgan fingerprint density at radius 2 is 2.15 bits per heavy atom. The van der Waals surface area contributed by atoms with Crippen molar-refractivity contribution in [1.29, 1.82) is 0 Å². The van der Waals surface area contributed by atoms with Crippen LogP contribution < -0.4 is 5.32 Å². The van der Waals surface area contributed by atoms with Crippen molar-refractivity contribution in [2.75, 3.05) is 24.6 Å². The molecule has 114 valence electrons. The van der Waals surface area contributed by atoms with Gasteiger partial charge < -0.3 is 20.1 Å². The van der Waals surface area contributed by atoms with Crippen molar-refractivity contribution in [3.63, 3.8) is 0 Å². The second-order valence-corrected chi connectivity index (χ2v) is 6.58. The first-order valence-corrected chi connectivity index (χ1v) is 7.42. The second kappa shape index (κ2) is 6.83. The Balaban J connectivity index is 2.65. The average molecular weight is 304 g/mol. The Hall–Kier alpha value is -1.44. The molecule has 1 atom stereocenters. The number of ether oxygens (including phenoxy) is 1. The molecule has 1 heterocycles. The van der Waals surface area contributed by atoms with Gasteiger partial charge in [0.2, 0.25) is 5.91 Å². The van der Waals surface area contributed by atoms with Crippen LogP contribution in [0, 0.1) is 0 Å². The van der Waals surface area contributed by atoms with Crippen LogP contribution in [0.2, 0.25) is 0 Å². The fourth-order valence-corrected chi connectivity index (χ4v) is 2.63. The molecule has 0 saturated carbocycles. The van der Waals surface area contributed by atoms with E-state index in [2.05, 4.69) is 5.32 Å². The summed E-state index contributed by atoms with van der Waals surface area (Å²) in [6.07, 6.45) is -0.673. The van der Waals surface area contributed by atoms with Gasteiger partial charge in [-0.25, -0.2) is 4.79 Å². The third-order valence-corrected chi connectivity index (χ3v) is 3.46. The van der Waals surface area contributed by atoms with Gasteiger partial charge in [-0.2, -0.15) is 11.8 Å². The predicted octanol–water partition coefficient (Wildman–Crippen LogP) is 0.540. The zero-order valence-electron chi connectivity index (χ0n) is 11.8. The first kappa shape index (κ1) is 16.6. The maximum atomic E-state index is 12.2. The summed E-state index contributed by atoms with van der Waals surface area (Å²) in [4.78, 5) is 35.8. The number of nitrogens with one attached hydrogen (secondary N) is 1. The van der Waals surface area contributed by atoms with Gasteiger partial charge in [-0.3, -0.25) is 9.59 Å². The molecule has 2 N–H and O–H groups in total. The molecule has 1 fully saturated rings. The van der Waals surface area contributed by atoms with Gasteiger partial charge in [-0.1, -0.05) is 0 Å². The molecule has 1 unspecified atom stereocenters. The molecule has 1 saturated heterocycles. The number of thioether (sulfide) groups is 1. The van der Waals surface area contributed by atoms with Crippen molar-refractivity contribution in [3.8, 4) is 0 Å². The summed E-state index contributed by atoms with van der Waals surface area (Å²) in [5, 5.41) is 11.3. The highest BCUT2D eigenvalue weighted by Gasteiger charge is 2.30. The smallest absolute Gasteiger partial charge is 0.408 e. The van der Waals surface area contributed by atoms with Crippen molar-refractivity contribution in [3.05, 3.63) is 0 Å². The lowest BCUT2D eigenvalue weighted by Crippen LogP contribution is -2.51. The summed E-state index contributed by atoms with van der Waals surface area (Å²) in [6, 6.07) is -0.753. The maximum Gasteiger partial charge on any atom is 0.408 e. The second-order valence-electron chi connectivity index (χ2n) is 5.43. The molecule has 0 spiro atoms. The quantitative estimate of drug-likeness (QED) is 0.790. The number of hydrogen-bond acceptors (Lipinski definition) is 5. The lowest BCUT2D eigenvalue weighted by Gasteiger charge is -2.25. The third kappa shape index (κ3) is 5.68. The summed E-state index contributed by atoms with van der Waals surface area (Å²) in [5.74, 6) is -0.399. The van der Waals surface area contributed by atoms with Crippen LogP contribution in [0.1, 0.15) is 20.8 Å². The van der Waals surface area contributed by atoms with Crippen molar-refractivity contribution in [2.24, 2.45) is 0 Å². The van der Waals surface area contributed by atoms with Crippen LogP contribution in [0.25, 0.3) is 0 Å². The van der Waals surface area contributed by atoms with Crippen LogP contribution in [0.5, 0.6) is 0 Å². The van der Waals surface area contributed by atoms with Gasteiger partial charge in [0.25, 0.3) is 0 Å². The number of rotatable bonds is 3. The van der Waals surface area contributed by atoms with E-state index in [1.54, 1.807) is 20.8 Å². The zero-order chi connectivity index (χ0) is 15.3. The lowest BCUT2D eigenvalue weighted by molar-refractivity contribution is -0.144. The van der Waals surface area contributed by atoms with Gasteiger partial charge in [0, 0.05) is 18.1 Å². The normalized spacial score (nSPS) is 20.2. The van der Waals surface area contributed by atoms with Gasteiger partial charge in [-0.05, 0) is 20.8 Å². The summed E-state index contributed by atoms with van der Waals surface area (Å²) < 4.78 is 5.10. The number of carbonyl (C=O) groups excluding carboxylic acids is 2. The number of hydrogen-bond donors (Lipinski definition) is 2. The van der Waals surface area contributed by atoms with Crippen LogP contribution in [-0.2, 0) is 14.3 Å². The summed E-state index contributed by atoms with van der Waals surface area (Å²) >= 11 is 1.49. The summed E-state index contributed by atoms with van der Waals surface area (Å²) in [6.45, 7) is 5.20. The Morgan fingerprint density at radius 3 is 2.70 bits per heavy atom. The molecule has 0 bridgehead atoms. The van der Waals surface area contributed by atoms with E-state index in [1.807, 2.05) is 0 Å². The van der Waals surface area contributed by atoms with Gasteiger partial charge in [0.05, 0.1) is 0 Å². The van der Waals surface area contributed by atoms with E-state index in [1.165, 1.54) is 16.7 Å². The summed E-state index contributed by atoms with van der Waals surface area (Å²) in [5.41, 5.74) is -0.647. The lowest BCUT2D eigenvalue weighted by atomic mass is 10.2. The number of carbonyl (C=O) groups is 3. The fourth-order valence-electron chi connectivity index (χ4n) is 1.65. The number of alkyl carbamates (subject to hydrolysis) is 1. The number of aliphatic carboxylic acids is 1. The number of nitrogens with zero attached hydrogens (tertiary/aromatic N) is 1. The molecule has 8 heteroatoms. The van der Waals surface area contributed by atoms with Crippen molar-refractivity contribution in [2.45, 2.75) is 32.4 Å². The van der Waals surface area contributed by atoms with E-state index in [9.17, 15) is 14.4 Å². The SMILES string of the molecule is CC(C)(C)OC(=O)NC1CSCCN(CC(=O)O)C1=O. The highest BCUT2D eigenvalue weighted by molar-refractivity contribution is 7.99. The van der Waals surface area contributed by atoms with E-state index >= 15 is 0 Å². The average Bonchev–Trinajstić information content (AvgIpc) is 2.41. The van der Waals surface area contributed by atoms with Crippen molar-refractivity contribution >= 4 is 29.7 Å². The molecule has 0 aromatic rings. The minimum atomic E-state index is -1.07. The van der Waals surface area contributed by atoms with Crippen LogP contribution in [-0.4, -0.2) is 64.2 Å². The largest absolute Gasteiger partial charge is 0.480 e. The standard InChI is InChI=1S/C12H20N2O5S/c1-12(2,3)19-11(18)13-8-7-20-5-4-14(10(8)17)6-9(15)16/h8H,4-7H2,1-3H3,(H,13,18)(H,15,16). The van der Waals surface area contributed by atoms with E-state index in [4.69, 9.17) is 9.84 Å². The third-order valence-electron chi connectivity index (χ3n) is 2.42. The van der Waals surface area contributed by atoms with E-state index in [0.717, 1.165) is 0 Å². The molecular weight excluding hydrogens is 284 g/mol. The molecule has 7 nitrogen and oxygen atoms in total. The Morgan fingerprint density at radius 1 is 1.50 bits per heavy atom. The Kier molecular flexibility index (Phi) is 5.67. The Labute approximate surface area is 122 Å². The highest BCUT2D eigenvalue weighted by Crippen LogP contribution is 2.13. The molecule has 2 amide bonds. The van der Waals surface area contributed by atoms with Gasteiger partial charge in [0.1, 0.15) is 18.2 Å². The molecule has 1 rings (SSSR count). The van der Waals surface area contributed by atoms with E-state index in [-0.39, 0.29) is 12.5 Å². The first-order valence-electron chi connectivity index (χ1n) is 6.27. The fraction of sp³-hybridized carbons (Fsp3) is 0.750. The molecular formula is C12H20N2O5S. The number of carboxylic acid groups (broad SMARTS) is 1. The van der Waals surface area contributed by atoms with Crippen molar-refractivity contribution in [1.82, 2.24) is 10.2 Å². The molecule has 1 aliphatic rings. The molecule has 0 aromatic carbocycles. The van der Waals surface area contributed by atoms with Crippen LogP contribution in [0.4, 0.5) is 4.79 Å². The molecule has 0 aliphatic carbocycles. The van der Waals surface area contributed by atoms with Crippen LogP contribution in [0.3, 0.4) is 0 Å². The minimum absolute atomic E-state index is 0.355. The predicted molar refractivity (Wildman–Crippen MR) is 74.7 cm³/mol. The monoisotopic (exact) mass is 304 g/mol. The molecule has 0 radical (unpaired) electrons. The number of amides is 2. The first-order chi connectivity index (χ1) is 9.19. The zero-order valence-corrected chi connectivity index (χ0v) is 12.7. The van der Waals surface area contributed by atoms with Gasteiger partial charge in [0.15, 0.2) is 0 Å². The van der Waals surface area contributed by atoms with Crippen molar-refractivity contribution < 1.29 is 24.2 Å². The minimum Gasteiger partial charge on any atom is -0.480 e. The van der Waals surface area contributed by atoms with Gasteiger partial charge in [-0.15, -0.1) is 0 Å². The maximum absolute atomic E-state index is 12.2. The van der Waals surface area contributed by atoms with Gasteiger partial charge >= 0.3 is 12.1 Å². The number of carboxylic acids is 1. The molecule has 20 heavy (non-hydrogen) atoms. The Bertz CT molecular complexity index is 394. The van der Waals surface area contributed by atoms with E-state index in [0.29, 0.717) is 18.1 Å².